The van der Waals surface area contributed by atoms with Gasteiger partial charge in [-0.1, -0.05) is 12.2 Å². The van der Waals surface area contributed by atoms with E-state index in [1.54, 1.807) is 0 Å². The first-order valence-corrected chi connectivity index (χ1v) is 6.84. The number of rotatable bonds is 3. The van der Waals surface area contributed by atoms with E-state index < -0.39 is 17.6 Å². The lowest BCUT2D eigenvalue weighted by atomic mass is 10.1. The number of aromatic nitrogens is 1. The van der Waals surface area contributed by atoms with Gasteiger partial charge in [-0.15, -0.1) is 11.3 Å². The summed E-state index contributed by atoms with van der Waals surface area (Å²) in [5.41, 5.74) is 5.56. The van der Waals surface area contributed by atoms with Crippen molar-refractivity contribution in [3.63, 3.8) is 0 Å². The fourth-order valence-electron chi connectivity index (χ4n) is 1.59. The molecule has 2 rings (SSSR count). The Kier molecular flexibility index (Phi) is 4.24. The van der Waals surface area contributed by atoms with Crippen molar-refractivity contribution < 1.29 is 18.0 Å². The summed E-state index contributed by atoms with van der Waals surface area (Å²) in [5.74, 6) is -0.590. The van der Waals surface area contributed by atoms with E-state index in [-0.39, 0.29) is 21.9 Å². The zero-order valence-corrected chi connectivity index (χ0v) is 11.9. The minimum Gasteiger partial charge on any atom is -0.389 e. The highest BCUT2D eigenvalue weighted by Gasteiger charge is 2.34. The third kappa shape index (κ3) is 3.56. The zero-order valence-electron chi connectivity index (χ0n) is 10.3. The van der Waals surface area contributed by atoms with Crippen LogP contribution in [0.5, 0.6) is 0 Å². The maximum atomic E-state index is 13.0. The molecular weight excluding hydrogens is 323 g/mol. The second kappa shape index (κ2) is 5.78. The van der Waals surface area contributed by atoms with Gasteiger partial charge in [0.05, 0.1) is 11.1 Å². The maximum absolute atomic E-state index is 13.0. The molecule has 0 unspecified atom stereocenters. The Balaban J connectivity index is 2.34. The van der Waals surface area contributed by atoms with Crippen molar-refractivity contribution in [2.45, 2.75) is 6.18 Å². The average molecular weight is 331 g/mol. The van der Waals surface area contributed by atoms with Gasteiger partial charge in [-0.25, -0.2) is 4.98 Å². The second-order valence-corrected chi connectivity index (χ2v) is 5.11. The van der Waals surface area contributed by atoms with Gasteiger partial charge in [-0.05, 0) is 18.2 Å². The van der Waals surface area contributed by atoms with E-state index in [1.807, 2.05) is 0 Å². The van der Waals surface area contributed by atoms with Gasteiger partial charge in [0.15, 0.2) is 0 Å². The molecule has 0 fully saturated rings. The third-order valence-electron chi connectivity index (χ3n) is 2.51. The van der Waals surface area contributed by atoms with Crippen LogP contribution in [0.2, 0.25) is 0 Å². The molecule has 1 heterocycles. The SMILES string of the molecule is NC(=S)c1ccc(NC(=O)c2cscn2)cc1C(F)(F)F. The average Bonchev–Trinajstić information content (AvgIpc) is 2.91. The summed E-state index contributed by atoms with van der Waals surface area (Å²) in [4.78, 5) is 15.2. The number of halogens is 3. The van der Waals surface area contributed by atoms with Crippen molar-refractivity contribution >= 4 is 40.1 Å². The summed E-state index contributed by atoms with van der Waals surface area (Å²) < 4.78 is 38.9. The molecule has 9 heteroatoms. The van der Waals surface area contributed by atoms with Gasteiger partial charge in [-0.2, -0.15) is 13.2 Å². The van der Waals surface area contributed by atoms with E-state index in [2.05, 4.69) is 22.5 Å². The van der Waals surface area contributed by atoms with Crippen LogP contribution in [-0.4, -0.2) is 15.9 Å². The topological polar surface area (TPSA) is 68.0 Å². The van der Waals surface area contributed by atoms with E-state index in [0.29, 0.717) is 0 Å². The molecule has 1 aromatic heterocycles. The number of thiocarbonyl (C=S) groups is 1. The van der Waals surface area contributed by atoms with Crippen molar-refractivity contribution in [1.82, 2.24) is 4.98 Å². The molecule has 0 aliphatic carbocycles. The van der Waals surface area contributed by atoms with Crippen LogP contribution in [0.15, 0.2) is 29.1 Å². The number of nitrogens with one attached hydrogen (secondary N) is 1. The predicted molar refractivity (Wildman–Crippen MR) is 77.4 cm³/mol. The largest absolute Gasteiger partial charge is 0.417 e. The smallest absolute Gasteiger partial charge is 0.389 e. The van der Waals surface area contributed by atoms with Crippen molar-refractivity contribution in [2.75, 3.05) is 5.32 Å². The predicted octanol–water partition coefficient (Wildman–Crippen LogP) is 3.05. The molecule has 4 nitrogen and oxygen atoms in total. The second-order valence-electron chi connectivity index (χ2n) is 3.95. The van der Waals surface area contributed by atoms with Crippen molar-refractivity contribution in [1.29, 1.82) is 0 Å². The molecule has 0 bridgehead atoms. The van der Waals surface area contributed by atoms with Crippen LogP contribution in [-0.2, 0) is 6.18 Å². The molecule has 2 aromatic rings. The molecule has 110 valence electrons. The molecular formula is C12H8F3N3OS2. The Morgan fingerprint density at radius 3 is 2.62 bits per heavy atom. The molecule has 0 spiro atoms. The molecule has 0 atom stereocenters. The summed E-state index contributed by atoms with van der Waals surface area (Å²) in [5, 5.41) is 3.83. The van der Waals surface area contributed by atoms with Crippen molar-refractivity contribution in [3.8, 4) is 0 Å². The first-order valence-electron chi connectivity index (χ1n) is 5.49. The van der Waals surface area contributed by atoms with Gasteiger partial charge in [0.25, 0.3) is 5.91 Å². The van der Waals surface area contributed by atoms with Crippen molar-refractivity contribution in [3.05, 3.63) is 45.9 Å². The normalized spacial score (nSPS) is 11.2. The number of benzene rings is 1. The highest BCUT2D eigenvalue weighted by Crippen LogP contribution is 2.34. The third-order valence-corrected chi connectivity index (χ3v) is 3.32. The highest BCUT2D eigenvalue weighted by molar-refractivity contribution is 7.80. The first-order chi connectivity index (χ1) is 9.79. The molecule has 1 aromatic carbocycles. The minimum atomic E-state index is -4.62. The molecule has 3 N–H and O–H groups in total. The van der Waals surface area contributed by atoms with Crippen LogP contribution in [0.25, 0.3) is 0 Å². The Labute approximate surface area is 126 Å². The van der Waals surface area contributed by atoms with Gasteiger partial charge >= 0.3 is 6.18 Å². The summed E-state index contributed by atoms with van der Waals surface area (Å²) >= 11 is 5.80. The fraction of sp³-hybridized carbons (Fsp3) is 0.0833. The number of amides is 1. The lowest BCUT2D eigenvalue weighted by molar-refractivity contribution is -0.137. The Morgan fingerprint density at radius 2 is 2.10 bits per heavy atom. The van der Waals surface area contributed by atoms with Gasteiger partial charge in [0.2, 0.25) is 0 Å². The standard InChI is InChI=1S/C12H8F3N3OS2/c13-12(14,15)8-3-6(1-2-7(8)10(16)20)18-11(19)9-4-21-5-17-9/h1-5H,(H2,16,20)(H,18,19). The van der Waals surface area contributed by atoms with E-state index in [1.165, 1.54) is 28.3 Å². The summed E-state index contributed by atoms with van der Waals surface area (Å²) in [6.45, 7) is 0. The molecule has 1 amide bonds. The van der Waals surface area contributed by atoms with Crippen LogP contribution >= 0.6 is 23.6 Å². The molecule has 0 saturated heterocycles. The number of hydrogen-bond acceptors (Lipinski definition) is 4. The number of alkyl halides is 3. The number of anilines is 1. The molecule has 0 saturated carbocycles. The lowest BCUT2D eigenvalue weighted by Crippen LogP contribution is -2.19. The van der Waals surface area contributed by atoms with Gasteiger partial charge in [-0.3, -0.25) is 4.79 Å². The Morgan fingerprint density at radius 1 is 1.38 bits per heavy atom. The first kappa shape index (κ1) is 15.4. The summed E-state index contributed by atoms with van der Waals surface area (Å²) in [6.07, 6.45) is -4.62. The van der Waals surface area contributed by atoms with Crippen molar-refractivity contribution in [2.24, 2.45) is 5.73 Å². The van der Waals surface area contributed by atoms with Crippen LogP contribution < -0.4 is 11.1 Å². The molecule has 0 aliphatic heterocycles. The van der Waals surface area contributed by atoms with Gasteiger partial charge in [0.1, 0.15) is 10.7 Å². The maximum Gasteiger partial charge on any atom is 0.417 e. The number of nitrogens with two attached hydrogens (primary N) is 1. The van der Waals surface area contributed by atoms with E-state index >= 15 is 0 Å². The van der Waals surface area contributed by atoms with Crippen LogP contribution in [0.1, 0.15) is 21.6 Å². The Hall–Kier alpha value is -2.00. The van der Waals surface area contributed by atoms with Crippen LogP contribution in [0, 0.1) is 0 Å². The van der Waals surface area contributed by atoms with Crippen LogP contribution in [0.4, 0.5) is 18.9 Å². The molecule has 0 aliphatic rings. The van der Waals surface area contributed by atoms with Gasteiger partial charge in [0, 0.05) is 16.6 Å². The Bertz CT molecular complexity index is 684. The lowest BCUT2D eigenvalue weighted by Gasteiger charge is -2.14. The quantitative estimate of drug-likeness (QED) is 0.848. The van der Waals surface area contributed by atoms with E-state index in [4.69, 9.17) is 5.73 Å². The number of carbonyl (C=O) groups excluding carboxylic acids is 1. The summed E-state index contributed by atoms with van der Waals surface area (Å²) in [7, 11) is 0. The fourth-order valence-corrected chi connectivity index (χ4v) is 2.30. The monoisotopic (exact) mass is 331 g/mol. The van der Waals surface area contributed by atoms with Crippen LogP contribution in [0.3, 0.4) is 0 Å². The van der Waals surface area contributed by atoms with E-state index in [9.17, 15) is 18.0 Å². The molecule has 21 heavy (non-hydrogen) atoms. The zero-order chi connectivity index (χ0) is 15.6. The van der Waals surface area contributed by atoms with E-state index in [0.717, 1.165) is 12.1 Å². The molecule has 0 radical (unpaired) electrons. The minimum absolute atomic E-state index is 0.0136. The highest BCUT2D eigenvalue weighted by atomic mass is 32.1. The number of nitrogens with zero attached hydrogens (tertiary/aromatic N) is 1. The number of thiazole rings is 1. The number of hydrogen-bond donors (Lipinski definition) is 2. The van der Waals surface area contributed by atoms with Gasteiger partial charge < -0.3 is 11.1 Å². The number of carbonyl (C=O) groups is 1. The summed E-state index contributed by atoms with van der Waals surface area (Å²) in [6, 6.07) is 3.22.